The van der Waals surface area contributed by atoms with Gasteiger partial charge in [-0.2, -0.15) is 4.52 Å². The van der Waals surface area contributed by atoms with Crippen molar-refractivity contribution in [1.29, 1.82) is 0 Å². The number of ether oxygens (including phenoxy) is 1. The molecule has 1 aromatic carbocycles. The molecule has 0 bridgehead atoms. The highest BCUT2D eigenvalue weighted by molar-refractivity contribution is 6.43. The molecule has 7 nitrogen and oxygen atoms in total. The second-order valence-corrected chi connectivity index (χ2v) is 10.4. The Morgan fingerprint density at radius 1 is 1.24 bits per heavy atom. The number of anilines is 1. The fourth-order valence-corrected chi connectivity index (χ4v) is 5.55. The van der Waals surface area contributed by atoms with Crippen LogP contribution in [0.1, 0.15) is 24.2 Å². The van der Waals surface area contributed by atoms with Gasteiger partial charge in [-0.1, -0.05) is 35.3 Å². The molecule has 4 heterocycles. The van der Waals surface area contributed by atoms with E-state index in [1.54, 1.807) is 6.07 Å². The maximum Gasteiger partial charge on any atom is 0.166 e. The van der Waals surface area contributed by atoms with Crippen LogP contribution in [0.5, 0.6) is 0 Å². The monoisotopic (exact) mass is 488 g/mol. The molecule has 176 valence electrons. The highest BCUT2D eigenvalue weighted by Crippen LogP contribution is 2.42. The summed E-state index contributed by atoms with van der Waals surface area (Å²) < 4.78 is 7.68. The Hall–Kier alpha value is -1.90. The van der Waals surface area contributed by atoms with Gasteiger partial charge in [-0.05, 0) is 51.6 Å². The molecule has 0 amide bonds. The van der Waals surface area contributed by atoms with Gasteiger partial charge < -0.3 is 20.3 Å². The fourth-order valence-electron chi connectivity index (χ4n) is 5.15. The average Bonchev–Trinajstić information content (AvgIpc) is 3.34. The number of rotatable bonds is 4. The molecule has 1 atom stereocenters. The number of aryl methyl sites for hydroxylation is 1. The molecule has 2 saturated heterocycles. The smallest absolute Gasteiger partial charge is 0.166 e. The van der Waals surface area contributed by atoms with Gasteiger partial charge in [-0.15, -0.1) is 5.10 Å². The van der Waals surface area contributed by atoms with Gasteiger partial charge in [0.15, 0.2) is 11.5 Å². The first-order chi connectivity index (χ1) is 15.8. The summed E-state index contributed by atoms with van der Waals surface area (Å²) in [5.74, 6) is 1.81. The predicted molar refractivity (Wildman–Crippen MR) is 133 cm³/mol. The third-order valence-electron chi connectivity index (χ3n) is 7.07. The zero-order valence-electron chi connectivity index (χ0n) is 19.3. The van der Waals surface area contributed by atoms with Crippen molar-refractivity contribution in [2.24, 2.45) is 11.1 Å². The molecular weight excluding hydrogens is 459 g/mol. The van der Waals surface area contributed by atoms with Crippen LogP contribution < -0.4 is 10.6 Å². The predicted octanol–water partition coefficient (Wildman–Crippen LogP) is 4.02. The standard InChI is InChI=1S/C24H30Cl2N6O/c1-15-11-20(31-9-7-24(8-10-31)14-33-13-18(24)27)32-23(28-19(29-32)12-30(2)3)21(15)16-5-4-6-17(25)22(16)26/h4-6,11,18H,7-10,12-14,27H2,1-3H3/t18-/m1/s1. The number of hydrogen-bond acceptors (Lipinski definition) is 6. The van der Waals surface area contributed by atoms with E-state index < -0.39 is 0 Å². The molecule has 2 aliphatic heterocycles. The molecule has 2 aliphatic rings. The second-order valence-electron chi connectivity index (χ2n) is 9.63. The first-order valence-electron chi connectivity index (χ1n) is 11.4. The van der Waals surface area contributed by atoms with Crippen LogP contribution in [-0.4, -0.2) is 65.9 Å². The Morgan fingerprint density at radius 2 is 2.00 bits per heavy atom. The van der Waals surface area contributed by atoms with Crippen molar-refractivity contribution in [3.63, 3.8) is 0 Å². The molecule has 0 aliphatic carbocycles. The van der Waals surface area contributed by atoms with E-state index in [2.05, 4.69) is 22.8 Å². The number of fused-ring (bicyclic) bond motifs is 1. The maximum atomic E-state index is 6.63. The summed E-state index contributed by atoms with van der Waals surface area (Å²) in [4.78, 5) is 9.41. The summed E-state index contributed by atoms with van der Waals surface area (Å²) in [6.07, 6.45) is 2.02. The Bertz CT molecular complexity index is 1190. The van der Waals surface area contributed by atoms with Crippen molar-refractivity contribution in [1.82, 2.24) is 19.5 Å². The van der Waals surface area contributed by atoms with E-state index >= 15 is 0 Å². The molecule has 33 heavy (non-hydrogen) atoms. The molecule has 2 N–H and O–H groups in total. The molecule has 0 saturated carbocycles. The molecule has 5 rings (SSSR count). The Balaban J connectivity index is 1.60. The van der Waals surface area contributed by atoms with Gasteiger partial charge in [-0.3, -0.25) is 0 Å². The van der Waals surface area contributed by atoms with E-state index in [1.165, 1.54) is 0 Å². The quantitative estimate of drug-likeness (QED) is 0.597. The van der Waals surface area contributed by atoms with E-state index in [1.807, 2.05) is 30.7 Å². The minimum absolute atomic E-state index is 0.0946. The van der Waals surface area contributed by atoms with Crippen LogP contribution in [0.25, 0.3) is 16.8 Å². The van der Waals surface area contributed by atoms with Crippen LogP contribution in [0.4, 0.5) is 5.82 Å². The van der Waals surface area contributed by atoms with E-state index in [4.69, 9.17) is 43.8 Å². The largest absolute Gasteiger partial charge is 0.379 e. The topological polar surface area (TPSA) is 71.9 Å². The first-order valence-corrected chi connectivity index (χ1v) is 12.1. The van der Waals surface area contributed by atoms with Crippen molar-refractivity contribution in [3.8, 4) is 11.1 Å². The van der Waals surface area contributed by atoms with E-state index in [0.717, 1.165) is 66.5 Å². The summed E-state index contributed by atoms with van der Waals surface area (Å²) in [5, 5.41) is 5.97. The Kier molecular flexibility index (Phi) is 6.04. The summed E-state index contributed by atoms with van der Waals surface area (Å²) >= 11 is 13.0. The lowest BCUT2D eigenvalue weighted by molar-refractivity contribution is 0.131. The average molecular weight is 489 g/mol. The lowest BCUT2D eigenvalue weighted by Gasteiger charge is -2.41. The number of pyridine rings is 1. The number of nitrogens with zero attached hydrogens (tertiary/aromatic N) is 5. The lowest BCUT2D eigenvalue weighted by Crippen LogP contribution is -2.49. The van der Waals surface area contributed by atoms with Gasteiger partial charge >= 0.3 is 0 Å². The van der Waals surface area contributed by atoms with Gasteiger partial charge in [0.05, 0.1) is 29.8 Å². The molecule has 2 fully saturated rings. The summed E-state index contributed by atoms with van der Waals surface area (Å²) in [5.41, 5.74) is 10.2. The number of nitrogens with two attached hydrogens (primary N) is 1. The van der Waals surface area contributed by atoms with Gasteiger partial charge in [0.1, 0.15) is 5.82 Å². The molecule has 1 spiro atoms. The number of hydrogen-bond donors (Lipinski definition) is 1. The van der Waals surface area contributed by atoms with Crippen LogP contribution in [0, 0.1) is 12.3 Å². The van der Waals surface area contributed by atoms with Crippen LogP contribution >= 0.6 is 23.2 Å². The highest BCUT2D eigenvalue weighted by Gasteiger charge is 2.44. The minimum atomic E-state index is 0.0946. The number of piperidine rings is 1. The normalized spacial score (nSPS) is 20.5. The summed E-state index contributed by atoms with van der Waals surface area (Å²) in [6, 6.07) is 8.02. The van der Waals surface area contributed by atoms with Crippen LogP contribution in [0.3, 0.4) is 0 Å². The van der Waals surface area contributed by atoms with Gasteiger partial charge in [0.2, 0.25) is 0 Å². The van der Waals surface area contributed by atoms with Crippen LogP contribution in [-0.2, 0) is 11.3 Å². The minimum Gasteiger partial charge on any atom is -0.379 e. The molecule has 3 aromatic rings. The summed E-state index contributed by atoms with van der Waals surface area (Å²) in [6.45, 7) is 5.99. The third kappa shape index (κ3) is 4.00. The molecular formula is C24H30Cl2N6O. The van der Waals surface area contributed by atoms with Gasteiger partial charge in [0.25, 0.3) is 0 Å². The van der Waals surface area contributed by atoms with E-state index in [-0.39, 0.29) is 11.5 Å². The van der Waals surface area contributed by atoms with E-state index in [0.29, 0.717) is 23.2 Å². The Labute approximate surface area is 204 Å². The maximum absolute atomic E-state index is 6.63. The SMILES string of the molecule is Cc1cc(N2CCC3(CC2)COC[C@H]3N)n2nc(CN(C)C)nc2c1-c1cccc(Cl)c1Cl. The molecule has 0 unspecified atom stereocenters. The second kappa shape index (κ2) is 8.71. The van der Waals surface area contributed by atoms with Crippen molar-refractivity contribution in [3.05, 3.63) is 45.7 Å². The fraction of sp³-hybridized carbons (Fsp3) is 0.500. The zero-order chi connectivity index (χ0) is 23.3. The van der Waals surface area contributed by atoms with Crippen LogP contribution in [0.15, 0.2) is 24.3 Å². The van der Waals surface area contributed by atoms with E-state index in [9.17, 15) is 0 Å². The van der Waals surface area contributed by atoms with Crippen LogP contribution in [0.2, 0.25) is 10.0 Å². The number of benzene rings is 1. The van der Waals surface area contributed by atoms with Crippen molar-refractivity contribution < 1.29 is 4.74 Å². The third-order valence-corrected chi connectivity index (χ3v) is 7.89. The zero-order valence-corrected chi connectivity index (χ0v) is 20.8. The lowest BCUT2D eigenvalue weighted by atomic mass is 9.75. The van der Waals surface area contributed by atoms with Crippen molar-refractivity contribution in [2.75, 3.05) is 45.3 Å². The molecule has 2 aromatic heterocycles. The molecule has 0 radical (unpaired) electrons. The molecule has 9 heteroatoms. The first kappa shape index (κ1) is 22.9. The van der Waals surface area contributed by atoms with Crippen molar-refractivity contribution in [2.45, 2.75) is 32.4 Å². The van der Waals surface area contributed by atoms with Crippen molar-refractivity contribution >= 4 is 34.7 Å². The highest BCUT2D eigenvalue weighted by atomic mass is 35.5. The van der Waals surface area contributed by atoms with Gasteiger partial charge in [0, 0.05) is 35.7 Å². The van der Waals surface area contributed by atoms with Gasteiger partial charge in [-0.25, -0.2) is 4.98 Å². The number of halogens is 2. The Morgan fingerprint density at radius 3 is 2.67 bits per heavy atom. The summed E-state index contributed by atoms with van der Waals surface area (Å²) in [7, 11) is 4.03. The number of aromatic nitrogens is 3.